The normalized spacial score (nSPS) is 18.0. The molecule has 1 fully saturated rings. The van der Waals surface area contributed by atoms with E-state index < -0.39 is 0 Å². The van der Waals surface area contributed by atoms with Crippen LogP contribution in [0.3, 0.4) is 0 Å². The lowest BCUT2D eigenvalue weighted by Gasteiger charge is -2.36. The van der Waals surface area contributed by atoms with Crippen molar-refractivity contribution in [2.45, 2.75) is 12.0 Å². The maximum Gasteiger partial charge on any atom is 0.410 e. The number of fused-ring (bicyclic) bond motifs is 3. The van der Waals surface area contributed by atoms with Crippen LogP contribution in [0.25, 0.3) is 11.1 Å². The first-order valence-corrected chi connectivity index (χ1v) is 10.5. The van der Waals surface area contributed by atoms with Gasteiger partial charge in [0.05, 0.1) is 6.04 Å². The first-order valence-electron chi connectivity index (χ1n) is 10.2. The zero-order valence-electron chi connectivity index (χ0n) is 16.4. The Balaban J connectivity index is 1.35. The molecule has 6 heteroatoms. The molecule has 1 atom stereocenters. The molecule has 0 bridgehead atoms. The van der Waals surface area contributed by atoms with Crippen molar-refractivity contribution < 1.29 is 9.53 Å². The van der Waals surface area contributed by atoms with Gasteiger partial charge >= 0.3 is 6.09 Å². The van der Waals surface area contributed by atoms with Gasteiger partial charge in [0, 0.05) is 31.7 Å². The monoisotopic (exact) mass is 419 g/mol. The van der Waals surface area contributed by atoms with Crippen LogP contribution in [0.1, 0.15) is 28.7 Å². The Bertz CT molecular complexity index is 1040. The molecule has 0 saturated carbocycles. The van der Waals surface area contributed by atoms with Crippen molar-refractivity contribution in [3.8, 4) is 11.1 Å². The zero-order valence-corrected chi connectivity index (χ0v) is 17.2. The van der Waals surface area contributed by atoms with Gasteiger partial charge in [0.2, 0.25) is 0 Å². The summed E-state index contributed by atoms with van der Waals surface area (Å²) in [7, 11) is 0. The standard InChI is InChI=1S/C24H22ClN3O2/c25-23-13-16(9-10-27-23)22-14-26-11-12-28(22)24(29)30-15-21-19-7-3-1-5-17(19)18-6-2-4-8-20(18)21/h1-10,13,21-22,26H,11-12,14-15H2. The maximum absolute atomic E-state index is 13.1. The van der Waals surface area contributed by atoms with Crippen molar-refractivity contribution in [1.82, 2.24) is 15.2 Å². The van der Waals surface area contributed by atoms with Crippen molar-refractivity contribution in [3.05, 3.63) is 88.7 Å². The third kappa shape index (κ3) is 3.44. The molecular weight excluding hydrogens is 398 g/mol. The van der Waals surface area contributed by atoms with E-state index in [1.165, 1.54) is 22.3 Å². The van der Waals surface area contributed by atoms with Crippen molar-refractivity contribution in [2.75, 3.05) is 26.2 Å². The fraction of sp³-hybridized carbons (Fsp3) is 0.250. The molecule has 1 unspecified atom stereocenters. The van der Waals surface area contributed by atoms with E-state index in [1.807, 2.05) is 24.3 Å². The Morgan fingerprint density at radius 3 is 2.50 bits per heavy atom. The molecule has 3 aromatic rings. The summed E-state index contributed by atoms with van der Waals surface area (Å²) in [6.45, 7) is 2.30. The smallest absolute Gasteiger partial charge is 0.410 e. The predicted octanol–water partition coefficient (Wildman–Crippen LogP) is 4.63. The highest BCUT2D eigenvalue weighted by Gasteiger charge is 2.32. The highest BCUT2D eigenvalue weighted by Crippen LogP contribution is 2.44. The number of amides is 1. The van der Waals surface area contributed by atoms with E-state index >= 15 is 0 Å². The predicted molar refractivity (Wildman–Crippen MR) is 117 cm³/mol. The minimum absolute atomic E-state index is 0.0538. The van der Waals surface area contributed by atoms with Gasteiger partial charge in [0.25, 0.3) is 0 Å². The minimum atomic E-state index is -0.295. The number of carbonyl (C=O) groups is 1. The summed E-state index contributed by atoms with van der Waals surface area (Å²) in [5, 5.41) is 3.77. The molecule has 5 rings (SSSR count). The van der Waals surface area contributed by atoms with Crippen LogP contribution in [-0.4, -0.2) is 42.2 Å². The molecule has 1 aliphatic heterocycles. The summed E-state index contributed by atoms with van der Waals surface area (Å²) in [6, 6.07) is 20.3. The van der Waals surface area contributed by atoms with Crippen LogP contribution in [-0.2, 0) is 4.74 Å². The van der Waals surface area contributed by atoms with E-state index in [2.05, 4.69) is 46.7 Å². The Hall–Kier alpha value is -2.89. The molecule has 2 aromatic carbocycles. The van der Waals surface area contributed by atoms with Gasteiger partial charge in [-0.1, -0.05) is 60.1 Å². The number of piperazine rings is 1. The largest absolute Gasteiger partial charge is 0.448 e. The Morgan fingerprint density at radius 1 is 1.10 bits per heavy atom. The zero-order chi connectivity index (χ0) is 20.5. The Kier molecular flexibility index (Phi) is 5.15. The van der Waals surface area contributed by atoms with Gasteiger partial charge in [-0.2, -0.15) is 0 Å². The van der Waals surface area contributed by atoms with Crippen LogP contribution < -0.4 is 5.32 Å². The number of ether oxygens (including phenoxy) is 1. The van der Waals surface area contributed by atoms with Gasteiger partial charge in [-0.3, -0.25) is 4.90 Å². The second-order valence-corrected chi connectivity index (χ2v) is 8.02. The van der Waals surface area contributed by atoms with Crippen LogP contribution in [0.4, 0.5) is 4.79 Å². The second-order valence-electron chi connectivity index (χ2n) is 7.63. The SMILES string of the molecule is O=C(OCC1c2ccccc2-c2ccccc21)N1CCNCC1c1ccnc(Cl)c1. The average molecular weight is 420 g/mol. The number of hydrogen-bond acceptors (Lipinski definition) is 4. The fourth-order valence-corrected chi connectivity index (χ4v) is 4.70. The number of rotatable bonds is 3. The molecule has 5 nitrogen and oxygen atoms in total. The number of nitrogens with zero attached hydrogens (tertiary/aromatic N) is 2. The summed E-state index contributed by atoms with van der Waals surface area (Å²) in [5.74, 6) is 0.0538. The van der Waals surface area contributed by atoms with Gasteiger partial charge in [-0.15, -0.1) is 0 Å². The molecule has 1 amide bonds. The summed E-state index contributed by atoms with van der Waals surface area (Å²) in [6.07, 6.45) is 1.37. The highest BCUT2D eigenvalue weighted by molar-refractivity contribution is 6.29. The lowest BCUT2D eigenvalue weighted by atomic mass is 9.98. The van der Waals surface area contributed by atoms with Crippen molar-refractivity contribution in [1.29, 1.82) is 0 Å². The summed E-state index contributed by atoms with van der Waals surface area (Å²) in [4.78, 5) is 18.9. The topological polar surface area (TPSA) is 54.5 Å². The molecule has 1 N–H and O–H groups in total. The van der Waals surface area contributed by atoms with Crippen LogP contribution in [0.5, 0.6) is 0 Å². The quantitative estimate of drug-likeness (QED) is 0.629. The average Bonchev–Trinajstić information content (AvgIpc) is 3.11. The lowest BCUT2D eigenvalue weighted by Crippen LogP contribution is -2.49. The van der Waals surface area contributed by atoms with Crippen LogP contribution in [0.2, 0.25) is 5.15 Å². The number of aromatic nitrogens is 1. The summed E-state index contributed by atoms with van der Waals surface area (Å²) >= 11 is 6.07. The van der Waals surface area contributed by atoms with Crippen LogP contribution in [0, 0.1) is 0 Å². The van der Waals surface area contributed by atoms with E-state index in [1.54, 1.807) is 11.1 Å². The van der Waals surface area contributed by atoms with Gasteiger partial charge < -0.3 is 10.1 Å². The van der Waals surface area contributed by atoms with Crippen molar-refractivity contribution in [3.63, 3.8) is 0 Å². The lowest BCUT2D eigenvalue weighted by molar-refractivity contribution is 0.0752. The van der Waals surface area contributed by atoms with Gasteiger partial charge in [0.1, 0.15) is 11.8 Å². The number of pyridine rings is 1. The number of benzene rings is 2. The molecule has 0 radical (unpaired) electrons. The molecule has 2 heterocycles. The third-order valence-electron chi connectivity index (χ3n) is 5.95. The molecule has 1 saturated heterocycles. The number of carbonyl (C=O) groups excluding carboxylic acids is 1. The first kappa shape index (κ1) is 19.1. The summed E-state index contributed by atoms with van der Waals surface area (Å²) < 4.78 is 5.87. The first-order chi connectivity index (χ1) is 14.7. The van der Waals surface area contributed by atoms with Gasteiger partial charge in [0.15, 0.2) is 0 Å². The molecule has 2 aliphatic rings. The van der Waals surface area contributed by atoms with Gasteiger partial charge in [-0.25, -0.2) is 9.78 Å². The number of nitrogens with one attached hydrogen (secondary N) is 1. The van der Waals surface area contributed by atoms with E-state index in [0.29, 0.717) is 24.8 Å². The third-order valence-corrected chi connectivity index (χ3v) is 6.16. The van der Waals surface area contributed by atoms with Gasteiger partial charge in [-0.05, 0) is 39.9 Å². The maximum atomic E-state index is 13.1. The molecule has 1 aromatic heterocycles. The summed E-state index contributed by atoms with van der Waals surface area (Å²) in [5.41, 5.74) is 5.82. The van der Waals surface area contributed by atoms with E-state index in [0.717, 1.165) is 12.1 Å². The fourth-order valence-electron chi connectivity index (χ4n) is 4.52. The van der Waals surface area contributed by atoms with E-state index in [4.69, 9.17) is 16.3 Å². The Morgan fingerprint density at radius 2 is 1.80 bits per heavy atom. The van der Waals surface area contributed by atoms with E-state index in [9.17, 15) is 4.79 Å². The molecular formula is C24H22ClN3O2. The molecule has 30 heavy (non-hydrogen) atoms. The number of halogens is 1. The molecule has 152 valence electrons. The van der Waals surface area contributed by atoms with Crippen molar-refractivity contribution >= 4 is 17.7 Å². The van der Waals surface area contributed by atoms with E-state index in [-0.39, 0.29) is 18.1 Å². The Labute approximate surface area is 180 Å². The molecule has 1 aliphatic carbocycles. The molecule has 0 spiro atoms. The highest BCUT2D eigenvalue weighted by atomic mass is 35.5. The second kappa shape index (κ2) is 8.09. The van der Waals surface area contributed by atoms with Crippen LogP contribution in [0.15, 0.2) is 66.9 Å². The van der Waals surface area contributed by atoms with Crippen LogP contribution >= 0.6 is 11.6 Å². The van der Waals surface area contributed by atoms with Crippen molar-refractivity contribution in [2.24, 2.45) is 0 Å². The minimum Gasteiger partial charge on any atom is -0.448 e. The number of hydrogen-bond donors (Lipinski definition) is 1.